The molecule has 0 unspecified atom stereocenters. The Morgan fingerprint density at radius 1 is 0.950 bits per heavy atom. The molecule has 0 spiro atoms. The third-order valence-electron chi connectivity index (χ3n) is 1.77. The van der Waals surface area contributed by atoms with E-state index in [4.69, 9.17) is 0 Å². The van der Waals surface area contributed by atoms with Crippen LogP contribution in [-0.4, -0.2) is 40.6 Å². The Bertz CT molecular complexity index is 398. The maximum absolute atomic E-state index is 11.1. The van der Waals surface area contributed by atoms with E-state index >= 15 is 0 Å². The van der Waals surface area contributed by atoms with Gasteiger partial charge in [0.1, 0.15) is 5.60 Å². The number of rotatable bonds is 5. The third kappa shape index (κ3) is 8.00. The maximum atomic E-state index is 11.1. The number of carboxylic acids is 1. The molecule has 9 nitrogen and oxygen atoms in total. The second-order valence-corrected chi connectivity index (χ2v) is 3.60. The van der Waals surface area contributed by atoms with Gasteiger partial charge in [-0.2, -0.15) is 0 Å². The van der Waals surface area contributed by atoms with E-state index in [-0.39, 0.29) is 29.6 Å². The van der Waals surface area contributed by atoms with Crippen LogP contribution in [0.5, 0.6) is 0 Å². The first kappa shape index (κ1) is 21.0. The topological polar surface area (TPSA) is 147 Å². The Balaban J connectivity index is 0. The molecule has 0 saturated heterocycles. The minimum Gasteiger partial charge on any atom is -0.547 e. The normalized spacial score (nSPS) is 9.95. The molecule has 0 aliphatic rings. The maximum Gasteiger partial charge on any atom is 1.00 e. The average molecular weight is 298 g/mol. The predicted molar refractivity (Wildman–Crippen MR) is 52.7 cm³/mol. The summed E-state index contributed by atoms with van der Waals surface area (Å²) in [5.74, 6) is -6.91. The van der Waals surface area contributed by atoms with E-state index in [1.165, 1.54) is 0 Å². The van der Waals surface area contributed by atoms with E-state index in [2.05, 4.69) is 9.47 Å². The van der Waals surface area contributed by atoms with Crippen LogP contribution in [0.4, 0.5) is 0 Å². The molecular formula is C10H11NaO9. The fourth-order valence-electron chi connectivity index (χ4n) is 1.08. The Morgan fingerprint density at radius 3 is 1.45 bits per heavy atom. The van der Waals surface area contributed by atoms with E-state index in [1.807, 2.05) is 0 Å². The molecule has 0 aromatic heterocycles. The largest absolute Gasteiger partial charge is 1.00 e. The molecule has 20 heavy (non-hydrogen) atoms. The van der Waals surface area contributed by atoms with Gasteiger partial charge in [0.25, 0.3) is 0 Å². The number of esters is 4. The number of aliphatic hydroxyl groups is 1. The van der Waals surface area contributed by atoms with Gasteiger partial charge < -0.3 is 24.5 Å². The van der Waals surface area contributed by atoms with Crippen molar-refractivity contribution in [3.8, 4) is 0 Å². The molecule has 0 heterocycles. The number of hydrogen-bond acceptors (Lipinski definition) is 9. The summed E-state index contributed by atoms with van der Waals surface area (Å²) in [6.45, 7) is 1.78. The minimum atomic E-state index is -2.93. The number of carbonyl (C=O) groups is 5. The van der Waals surface area contributed by atoms with Crippen molar-refractivity contribution >= 4 is 29.8 Å². The molecule has 0 aromatic carbocycles. The van der Waals surface area contributed by atoms with Crippen LogP contribution < -0.4 is 34.7 Å². The minimum absolute atomic E-state index is 0. The van der Waals surface area contributed by atoms with E-state index in [1.54, 1.807) is 0 Å². The molecule has 10 heteroatoms. The van der Waals surface area contributed by atoms with Crippen LogP contribution in [0.2, 0.25) is 0 Å². The molecule has 0 aromatic rings. The van der Waals surface area contributed by atoms with Gasteiger partial charge >= 0.3 is 53.4 Å². The van der Waals surface area contributed by atoms with Crippen LogP contribution in [0, 0.1) is 0 Å². The van der Waals surface area contributed by atoms with Crippen molar-refractivity contribution < 1.29 is 73.2 Å². The SMILES string of the molecule is CC(=O)OC(=O)CC(O)(CC(=O)OC(C)=O)C(=O)[O-].[Na+]. The van der Waals surface area contributed by atoms with Crippen LogP contribution in [0.15, 0.2) is 0 Å². The smallest absolute Gasteiger partial charge is 0.547 e. The van der Waals surface area contributed by atoms with E-state index < -0.39 is 48.3 Å². The van der Waals surface area contributed by atoms with Crippen molar-refractivity contribution in [2.24, 2.45) is 0 Å². The Hall–Kier alpha value is -1.29. The third-order valence-corrected chi connectivity index (χ3v) is 1.77. The van der Waals surface area contributed by atoms with Crippen molar-refractivity contribution in [3.05, 3.63) is 0 Å². The van der Waals surface area contributed by atoms with Gasteiger partial charge in [-0.25, -0.2) is 0 Å². The summed E-state index contributed by atoms with van der Waals surface area (Å²) in [4.78, 5) is 53.8. The van der Waals surface area contributed by atoms with Crippen LogP contribution >= 0.6 is 0 Å². The summed E-state index contributed by atoms with van der Waals surface area (Å²) in [6.07, 6.45) is -2.41. The van der Waals surface area contributed by atoms with Crippen LogP contribution in [0.25, 0.3) is 0 Å². The monoisotopic (exact) mass is 298 g/mol. The van der Waals surface area contributed by atoms with Gasteiger partial charge in [-0.1, -0.05) is 0 Å². The van der Waals surface area contributed by atoms with Crippen molar-refractivity contribution in [2.45, 2.75) is 32.3 Å². The van der Waals surface area contributed by atoms with Gasteiger partial charge in [-0.3, -0.25) is 19.2 Å². The zero-order valence-electron chi connectivity index (χ0n) is 11.1. The molecule has 0 saturated carbocycles. The molecule has 1 N–H and O–H groups in total. The molecule has 0 rings (SSSR count). The van der Waals surface area contributed by atoms with E-state index in [0.29, 0.717) is 0 Å². The Kier molecular flexibility index (Phi) is 9.24. The first-order valence-electron chi connectivity index (χ1n) is 4.93. The number of hydrogen-bond donors (Lipinski definition) is 1. The first-order valence-corrected chi connectivity index (χ1v) is 4.93. The second kappa shape index (κ2) is 8.80. The summed E-state index contributed by atoms with van der Waals surface area (Å²) in [5, 5.41) is 20.3. The van der Waals surface area contributed by atoms with Gasteiger partial charge in [0, 0.05) is 13.8 Å². The number of carboxylic acid groups (broad SMARTS) is 1. The summed E-state index contributed by atoms with van der Waals surface area (Å²) < 4.78 is 8.02. The first-order chi connectivity index (χ1) is 8.56. The predicted octanol–water partition coefficient (Wildman–Crippen LogP) is -5.57. The van der Waals surface area contributed by atoms with Crippen molar-refractivity contribution in [2.75, 3.05) is 0 Å². The van der Waals surface area contributed by atoms with Gasteiger partial charge in [-0.05, 0) is 0 Å². The fraction of sp³-hybridized carbons (Fsp3) is 0.500. The standard InChI is InChI=1S/C10H12O9.Na/c1-5(11)18-7(13)3-10(17,9(15)16)4-8(14)19-6(2)12;/h17H,3-4H2,1-2H3,(H,15,16);/q;+1/p-1. The zero-order chi connectivity index (χ0) is 15.2. The second-order valence-electron chi connectivity index (χ2n) is 3.60. The van der Waals surface area contributed by atoms with Crippen LogP contribution in [0.3, 0.4) is 0 Å². The summed E-state index contributed by atoms with van der Waals surface area (Å²) in [5.41, 5.74) is -2.93. The summed E-state index contributed by atoms with van der Waals surface area (Å²) in [6, 6.07) is 0. The average Bonchev–Trinajstić information content (AvgIpc) is 2.12. The van der Waals surface area contributed by atoms with E-state index in [9.17, 15) is 34.2 Å². The Morgan fingerprint density at radius 2 is 1.25 bits per heavy atom. The molecule has 0 bridgehead atoms. The fourth-order valence-corrected chi connectivity index (χ4v) is 1.08. The van der Waals surface area contributed by atoms with Crippen LogP contribution in [0.1, 0.15) is 26.7 Å². The van der Waals surface area contributed by atoms with Crippen LogP contribution in [-0.2, 0) is 33.4 Å². The molecule has 0 aliphatic heterocycles. The van der Waals surface area contributed by atoms with Crippen molar-refractivity contribution in [1.29, 1.82) is 0 Å². The van der Waals surface area contributed by atoms with Crippen molar-refractivity contribution in [1.82, 2.24) is 0 Å². The number of carbonyl (C=O) groups excluding carboxylic acids is 5. The van der Waals surface area contributed by atoms with Gasteiger partial charge in [-0.15, -0.1) is 0 Å². The van der Waals surface area contributed by atoms with Gasteiger partial charge in [0.05, 0.1) is 18.8 Å². The summed E-state index contributed by atoms with van der Waals surface area (Å²) >= 11 is 0. The van der Waals surface area contributed by atoms with Crippen molar-refractivity contribution in [3.63, 3.8) is 0 Å². The molecule has 0 radical (unpaired) electrons. The molecule has 0 fully saturated rings. The zero-order valence-corrected chi connectivity index (χ0v) is 13.1. The molecular weight excluding hydrogens is 287 g/mol. The number of ether oxygens (including phenoxy) is 2. The molecule has 0 atom stereocenters. The van der Waals surface area contributed by atoms with Gasteiger partial charge in [0.2, 0.25) is 0 Å². The Labute approximate surface area is 135 Å². The molecule has 0 amide bonds. The molecule has 0 aliphatic carbocycles. The quantitative estimate of drug-likeness (QED) is 0.298. The van der Waals surface area contributed by atoms with E-state index in [0.717, 1.165) is 13.8 Å². The molecule has 106 valence electrons. The number of aliphatic carboxylic acids is 1. The summed E-state index contributed by atoms with van der Waals surface area (Å²) in [7, 11) is 0. The van der Waals surface area contributed by atoms with Gasteiger partial charge in [0.15, 0.2) is 0 Å².